The van der Waals surface area contributed by atoms with Gasteiger partial charge >= 0.3 is 13.1 Å². The van der Waals surface area contributed by atoms with Gasteiger partial charge in [-0.15, -0.1) is 0 Å². The number of benzene rings is 1. The molecular weight excluding hydrogens is 521 g/mol. The van der Waals surface area contributed by atoms with E-state index in [1.807, 2.05) is 18.2 Å². The highest BCUT2D eigenvalue weighted by Crippen LogP contribution is 2.52. The Morgan fingerprint density at radius 2 is 1.85 bits per heavy atom. The molecule has 41 heavy (non-hydrogen) atoms. The lowest BCUT2D eigenvalue weighted by Gasteiger charge is -2.44. The van der Waals surface area contributed by atoms with Gasteiger partial charge < -0.3 is 19.9 Å². The third kappa shape index (κ3) is 7.12. The van der Waals surface area contributed by atoms with Gasteiger partial charge in [-0.3, -0.25) is 19.3 Å². The number of carboxylic acid groups (broad SMARTS) is 1. The van der Waals surface area contributed by atoms with Gasteiger partial charge in [-0.05, 0) is 68.3 Å². The van der Waals surface area contributed by atoms with Crippen molar-refractivity contribution in [1.82, 2.24) is 4.90 Å². The van der Waals surface area contributed by atoms with E-state index in [-0.39, 0.29) is 41.9 Å². The molecule has 222 valence electrons. The number of carboxylic acids is 1. The molecule has 2 fully saturated rings. The molecule has 0 spiro atoms. The summed E-state index contributed by atoms with van der Waals surface area (Å²) < 4.78 is 6.15. The Bertz CT molecular complexity index is 1190. The highest BCUT2D eigenvalue weighted by molar-refractivity contribution is 6.43. The Kier molecular flexibility index (Phi) is 10.5. The lowest BCUT2D eigenvalue weighted by molar-refractivity contribution is -0.141. The molecule has 2 heterocycles. The largest absolute Gasteiger partial charge is 0.507 e. The van der Waals surface area contributed by atoms with Gasteiger partial charge in [0.05, 0.1) is 17.9 Å². The number of phenolic OH excluding ortho intramolecular Hbond substituents is 1. The summed E-state index contributed by atoms with van der Waals surface area (Å²) in [6.07, 6.45) is 7.56. The fourth-order valence-electron chi connectivity index (χ4n) is 6.99. The van der Waals surface area contributed by atoms with E-state index in [0.29, 0.717) is 45.0 Å². The number of carbonyl (C=O) groups is 3. The highest BCUT2D eigenvalue weighted by atomic mass is 16.5. The first kappa shape index (κ1) is 31.0. The predicted octanol–water partition coefficient (Wildman–Crippen LogP) is 5.45. The van der Waals surface area contributed by atoms with Gasteiger partial charge in [0.2, 0.25) is 11.8 Å². The van der Waals surface area contributed by atoms with Crippen molar-refractivity contribution in [2.24, 2.45) is 23.7 Å². The fourth-order valence-corrected chi connectivity index (χ4v) is 6.99. The number of hydrogen-bond acceptors (Lipinski definition) is 6. The summed E-state index contributed by atoms with van der Waals surface area (Å²) in [5.74, 6) is -1.88. The lowest BCUT2D eigenvalue weighted by atomic mass is 9.57. The number of aromatic hydroxyl groups is 1. The van der Waals surface area contributed by atoms with Crippen molar-refractivity contribution in [2.45, 2.75) is 91.0 Å². The van der Waals surface area contributed by atoms with Crippen molar-refractivity contribution in [1.29, 1.82) is 0 Å². The third-order valence-electron chi connectivity index (χ3n) is 8.90. The second-order valence-corrected chi connectivity index (χ2v) is 12.1. The van der Waals surface area contributed by atoms with Crippen molar-refractivity contribution in [3.63, 3.8) is 0 Å². The molecule has 0 aromatic heterocycles. The van der Waals surface area contributed by atoms with Crippen LogP contribution in [0.25, 0.3) is 6.08 Å². The molecule has 9 heteroatoms. The van der Waals surface area contributed by atoms with Crippen LogP contribution in [-0.2, 0) is 19.0 Å². The maximum atomic E-state index is 13.7. The van der Waals surface area contributed by atoms with E-state index in [9.17, 15) is 24.5 Å². The third-order valence-corrected chi connectivity index (χ3v) is 8.90. The van der Waals surface area contributed by atoms with Crippen LogP contribution < -0.4 is 0 Å². The zero-order valence-electron chi connectivity index (χ0n) is 24.6. The van der Waals surface area contributed by atoms with Crippen LogP contribution in [0.4, 0.5) is 0 Å². The van der Waals surface area contributed by atoms with Crippen LogP contribution in [0.5, 0.6) is 5.75 Å². The summed E-state index contributed by atoms with van der Waals surface area (Å²) in [7, 11) is -1.01. The first-order valence-corrected chi connectivity index (χ1v) is 15.2. The molecule has 0 unspecified atom stereocenters. The first-order chi connectivity index (χ1) is 19.6. The normalized spacial score (nSPS) is 24.8. The van der Waals surface area contributed by atoms with Crippen molar-refractivity contribution >= 4 is 31.0 Å². The van der Waals surface area contributed by atoms with Crippen LogP contribution in [0.3, 0.4) is 0 Å². The van der Waals surface area contributed by atoms with Gasteiger partial charge in [-0.2, -0.15) is 0 Å². The number of allylic oxidation sites excluding steroid dienone is 2. The number of unbranched alkanes of at least 4 members (excludes halogenated alkanes) is 2. The minimum atomic E-state index is -1.01. The molecule has 2 amide bonds. The molecule has 1 aromatic rings. The van der Waals surface area contributed by atoms with E-state index < -0.39 is 24.9 Å². The number of likely N-dealkylation sites (tertiary alicyclic amines) is 1. The average Bonchev–Trinajstić information content (AvgIpc) is 3.16. The number of para-hydroxylation sites is 1. The minimum absolute atomic E-state index is 0.0845. The summed E-state index contributed by atoms with van der Waals surface area (Å²) in [4.78, 5) is 39.4. The number of fused-ring (bicyclic) bond motifs is 3. The minimum Gasteiger partial charge on any atom is -0.507 e. The molecule has 4 atom stereocenters. The number of imide groups is 1. The van der Waals surface area contributed by atoms with Crippen LogP contribution >= 0.6 is 0 Å². The summed E-state index contributed by atoms with van der Waals surface area (Å²) >= 11 is 0. The molecule has 4 rings (SSSR count). The van der Waals surface area contributed by atoms with E-state index in [1.165, 1.54) is 16.0 Å². The van der Waals surface area contributed by atoms with Crippen LogP contribution in [0.2, 0.25) is 6.32 Å². The van der Waals surface area contributed by atoms with Crippen LogP contribution in [-0.4, -0.2) is 57.7 Å². The Balaban J connectivity index is 1.55. The van der Waals surface area contributed by atoms with E-state index in [2.05, 4.69) is 20.8 Å². The zero-order valence-corrected chi connectivity index (χ0v) is 24.6. The van der Waals surface area contributed by atoms with Crippen molar-refractivity contribution < 1.29 is 34.3 Å². The average molecular weight is 566 g/mol. The van der Waals surface area contributed by atoms with Gasteiger partial charge in [0.1, 0.15) is 5.75 Å². The van der Waals surface area contributed by atoms with E-state index in [1.54, 1.807) is 12.1 Å². The molecule has 2 saturated heterocycles. The van der Waals surface area contributed by atoms with E-state index in [0.717, 1.165) is 30.4 Å². The topological polar surface area (TPSA) is 124 Å². The van der Waals surface area contributed by atoms with E-state index >= 15 is 0 Å². The second kappa shape index (κ2) is 13.8. The van der Waals surface area contributed by atoms with Crippen molar-refractivity contribution in [2.75, 3.05) is 6.54 Å². The van der Waals surface area contributed by atoms with E-state index in [4.69, 9.17) is 9.76 Å². The molecule has 0 bridgehead atoms. The highest BCUT2D eigenvalue weighted by Gasteiger charge is 2.57. The molecule has 3 aliphatic rings. The predicted molar refractivity (Wildman–Crippen MR) is 158 cm³/mol. The maximum absolute atomic E-state index is 13.7. The zero-order chi connectivity index (χ0) is 29.7. The van der Waals surface area contributed by atoms with Gasteiger partial charge in [-0.1, -0.05) is 69.0 Å². The molecule has 1 aliphatic carbocycles. The second-order valence-electron chi connectivity index (χ2n) is 12.1. The molecule has 0 saturated carbocycles. The van der Waals surface area contributed by atoms with Gasteiger partial charge in [0.25, 0.3) is 0 Å². The quantitative estimate of drug-likeness (QED) is 0.126. The fraction of sp³-hybridized carbons (Fsp3) is 0.594. The molecule has 1 aromatic carbocycles. The Morgan fingerprint density at radius 3 is 2.54 bits per heavy atom. The standard InChI is InChI=1S/C32H44BNO7/c1-4-10-21(17-22-11-7-8-12-26(22)35)14-15-27-29-23(20(2)3)18-24-30(25(29)19-33(40)41-27)32(39)34(31(24)38)16-9-5-6-13-28(36)37/h7-8,11-12,17,20,24-25,27,30,35,40H,4-6,9-10,13-16,18-19H2,1-3H3,(H,36,37)/b21-17+/t24-,25+,27-,30-/m1/s1. The number of amides is 2. The first-order valence-electron chi connectivity index (χ1n) is 15.2. The summed E-state index contributed by atoms with van der Waals surface area (Å²) in [6, 6.07) is 7.27. The molecule has 2 aliphatic heterocycles. The van der Waals surface area contributed by atoms with Crippen LogP contribution in [0, 0.1) is 23.7 Å². The molecule has 8 nitrogen and oxygen atoms in total. The van der Waals surface area contributed by atoms with Gasteiger partial charge in [0.15, 0.2) is 0 Å². The maximum Gasteiger partial charge on any atom is 0.455 e. The Morgan fingerprint density at radius 1 is 1.10 bits per heavy atom. The number of nitrogens with zero attached hydrogens (tertiary/aromatic N) is 1. The SMILES string of the molecule is CCC/C(=C\c1ccccc1O)CC[C@H]1OB(O)C[C@H]2C1=C(C(C)C)C[C@H]1C(=O)N(CCCCCC(=O)O)C(=O)[C@H]12. The number of rotatable bonds is 13. The van der Waals surface area contributed by atoms with Crippen LogP contribution in [0.1, 0.15) is 84.1 Å². The number of phenols is 1. The van der Waals surface area contributed by atoms with Crippen molar-refractivity contribution in [3.05, 3.63) is 46.5 Å². The van der Waals surface area contributed by atoms with Crippen molar-refractivity contribution in [3.8, 4) is 5.75 Å². The number of aliphatic carboxylic acids is 1. The Hall–Kier alpha value is -2.91. The summed E-state index contributed by atoms with van der Waals surface area (Å²) in [5.41, 5.74) is 4.23. The Labute approximate surface area is 243 Å². The number of carbonyl (C=O) groups excluding carboxylic acids is 2. The van der Waals surface area contributed by atoms with Gasteiger partial charge in [-0.25, -0.2) is 0 Å². The number of hydrogen-bond donors (Lipinski definition) is 3. The van der Waals surface area contributed by atoms with Gasteiger partial charge in [0, 0.05) is 18.5 Å². The smallest absolute Gasteiger partial charge is 0.455 e. The van der Waals surface area contributed by atoms with Crippen LogP contribution in [0.15, 0.2) is 41.0 Å². The summed E-state index contributed by atoms with van der Waals surface area (Å²) in [6.45, 7) is 6.66. The summed E-state index contributed by atoms with van der Waals surface area (Å²) in [5, 5.41) is 30.0. The molecule has 0 radical (unpaired) electrons. The monoisotopic (exact) mass is 565 g/mol. The molecular formula is C32H44BNO7. The lowest BCUT2D eigenvalue weighted by Crippen LogP contribution is -2.46. The molecule has 3 N–H and O–H groups in total.